The number of rotatable bonds is 3. The molecule has 100 valence electrons. The standard InChI is InChI=1S/C14H19BrClNO/c1-2-9-5-6-17-13(7-9)14(18)11-4-3-10(15)8-12(11)16/h3-4,8-9,13-14,17-18H,2,5-7H2,1H3. The van der Waals surface area contributed by atoms with Crippen molar-refractivity contribution in [2.75, 3.05) is 6.54 Å². The number of aliphatic hydroxyl groups is 1. The van der Waals surface area contributed by atoms with Gasteiger partial charge in [0.15, 0.2) is 0 Å². The molecule has 1 aromatic carbocycles. The lowest BCUT2D eigenvalue weighted by Crippen LogP contribution is -2.42. The average molecular weight is 333 g/mol. The molecule has 3 unspecified atom stereocenters. The number of halogens is 2. The van der Waals surface area contributed by atoms with Gasteiger partial charge in [-0.2, -0.15) is 0 Å². The van der Waals surface area contributed by atoms with E-state index in [1.807, 2.05) is 18.2 Å². The van der Waals surface area contributed by atoms with E-state index in [9.17, 15) is 5.11 Å². The van der Waals surface area contributed by atoms with Crippen LogP contribution in [0.2, 0.25) is 5.02 Å². The van der Waals surface area contributed by atoms with Crippen molar-refractivity contribution in [1.29, 1.82) is 0 Å². The number of benzene rings is 1. The normalized spacial score (nSPS) is 26.0. The molecule has 0 amide bonds. The molecule has 3 atom stereocenters. The van der Waals surface area contributed by atoms with Crippen LogP contribution in [-0.4, -0.2) is 17.7 Å². The summed E-state index contributed by atoms with van der Waals surface area (Å²) in [5.74, 6) is 0.708. The van der Waals surface area contributed by atoms with E-state index in [0.29, 0.717) is 10.9 Å². The highest BCUT2D eigenvalue weighted by atomic mass is 79.9. The first kappa shape index (κ1) is 14.3. The van der Waals surface area contributed by atoms with Crippen LogP contribution in [0.15, 0.2) is 22.7 Å². The van der Waals surface area contributed by atoms with Crippen molar-refractivity contribution in [3.8, 4) is 0 Å². The quantitative estimate of drug-likeness (QED) is 0.879. The van der Waals surface area contributed by atoms with Gasteiger partial charge >= 0.3 is 0 Å². The highest BCUT2D eigenvalue weighted by molar-refractivity contribution is 9.10. The first-order valence-corrected chi connectivity index (χ1v) is 7.65. The molecule has 2 N–H and O–H groups in total. The molecule has 1 heterocycles. The molecule has 4 heteroatoms. The molecule has 1 saturated heterocycles. The van der Waals surface area contributed by atoms with Gasteiger partial charge in [0.1, 0.15) is 0 Å². The number of piperidine rings is 1. The van der Waals surface area contributed by atoms with Crippen molar-refractivity contribution in [3.63, 3.8) is 0 Å². The molecular formula is C14H19BrClNO. The van der Waals surface area contributed by atoms with E-state index in [4.69, 9.17) is 11.6 Å². The van der Waals surface area contributed by atoms with Crippen LogP contribution in [0.5, 0.6) is 0 Å². The first-order valence-electron chi connectivity index (χ1n) is 6.48. The van der Waals surface area contributed by atoms with Crippen molar-refractivity contribution >= 4 is 27.5 Å². The Kier molecular flexibility index (Phi) is 5.07. The number of aliphatic hydroxyl groups excluding tert-OH is 1. The maximum atomic E-state index is 10.5. The van der Waals surface area contributed by atoms with Crippen molar-refractivity contribution in [2.45, 2.75) is 38.3 Å². The van der Waals surface area contributed by atoms with Crippen molar-refractivity contribution in [2.24, 2.45) is 5.92 Å². The summed E-state index contributed by atoms with van der Waals surface area (Å²) >= 11 is 9.58. The Labute approximate surface area is 122 Å². The van der Waals surface area contributed by atoms with Gasteiger partial charge in [-0.15, -0.1) is 0 Å². The highest BCUT2D eigenvalue weighted by Gasteiger charge is 2.28. The first-order chi connectivity index (χ1) is 8.61. The maximum absolute atomic E-state index is 10.5. The lowest BCUT2D eigenvalue weighted by Gasteiger charge is -2.33. The second-order valence-corrected chi connectivity index (χ2v) is 6.29. The van der Waals surface area contributed by atoms with E-state index >= 15 is 0 Å². The second kappa shape index (κ2) is 6.38. The van der Waals surface area contributed by atoms with Crippen LogP contribution < -0.4 is 5.32 Å². The molecule has 1 aliphatic heterocycles. The molecule has 0 aromatic heterocycles. The monoisotopic (exact) mass is 331 g/mol. The largest absolute Gasteiger partial charge is 0.387 e. The van der Waals surface area contributed by atoms with Crippen LogP contribution >= 0.6 is 27.5 Å². The molecule has 1 aliphatic rings. The van der Waals surface area contributed by atoms with E-state index in [0.717, 1.165) is 23.0 Å². The minimum atomic E-state index is -0.528. The Morgan fingerprint density at radius 2 is 2.33 bits per heavy atom. The molecule has 0 aliphatic carbocycles. The van der Waals surface area contributed by atoms with Gasteiger partial charge in [-0.25, -0.2) is 0 Å². The molecule has 1 fully saturated rings. The molecular weight excluding hydrogens is 314 g/mol. The highest BCUT2D eigenvalue weighted by Crippen LogP contribution is 2.32. The van der Waals surface area contributed by atoms with Crippen LogP contribution in [0.25, 0.3) is 0 Å². The average Bonchev–Trinajstić information content (AvgIpc) is 2.38. The summed E-state index contributed by atoms with van der Waals surface area (Å²) in [6.07, 6.45) is 2.87. The zero-order chi connectivity index (χ0) is 13.1. The maximum Gasteiger partial charge on any atom is 0.0957 e. The zero-order valence-corrected chi connectivity index (χ0v) is 12.8. The Bertz CT molecular complexity index is 413. The van der Waals surface area contributed by atoms with Gasteiger partial charge in [0.2, 0.25) is 0 Å². The van der Waals surface area contributed by atoms with Gasteiger partial charge in [0.05, 0.1) is 6.10 Å². The van der Waals surface area contributed by atoms with Crippen molar-refractivity contribution < 1.29 is 5.11 Å². The number of nitrogens with one attached hydrogen (secondary N) is 1. The lowest BCUT2D eigenvalue weighted by atomic mass is 9.86. The minimum absolute atomic E-state index is 0.113. The molecule has 0 spiro atoms. The predicted octanol–water partition coefficient (Wildman–Crippen LogP) is 3.91. The van der Waals surface area contributed by atoms with Gasteiger partial charge in [0, 0.05) is 21.1 Å². The molecule has 2 nitrogen and oxygen atoms in total. The van der Waals surface area contributed by atoms with E-state index in [1.165, 1.54) is 12.8 Å². The summed E-state index contributed by atoms with van der Waals surface area (Å²) < 4.78 is 0.937. The van der Waals surface area contributed by atoms with Gasteiger partial charge in [-0.05, 0) is 37.4 Å². The predicted molar refractivity (Wildman–Crippen MR) is 78.9 cm³/mol. The van der Waals surface area contributed by atoms with Gasteiger partial charge in [-0.3, -0.25) is 0 Å². The third-order valence-corrected chi connectivity index (χ3v) is 4.61. The van der Waals surface area contributed by atoms with Crippen LogP contribution in [0.3, 0.4) is 0 Å². The number of hydrogen-bond donors (Lipinski definition) is 2. The summed E-state index contributed by atoms with van der Waals surface area (Å²) in [7, 11) is 0. The molecule has 0 radical (unpaired) electrons. The van der Waals surface area contributed by atoms with E-state index in [-0.39, 0.29) is 6.04 Å². The SMILES string of the molecule is CCC1CCNC(C(O)c2ccc(Br)cc2Cl)C1. The third-order valence-electron chi connectivity index (χ3n) is 3.79. The number of hydrogen-bond acceptors (Lipinski definition) is 2. The second-order valence-electron chi connectivity index (χ2n) is 4.97. The summed E-state index contributed by atoms with van der Waals surface area (Å²) in [5.41, 5.74) is 0.814. The molecule has 0 saturated carbocycles. The lowest BCUT2D eigenvalue weighted by molar-refractivity contribution is 0.0979. The van der Waals surface area contributed by atoms with Crippen LogP contribution in [0, 0.1) is 5.92 Å². The Balaban J connectivity index is 2.12. The van der Waals surface area contributed by atoms with Crippen LogP contribution in [-0.2, 0) is 0 Å². The molecule has 1 aromatic rings. The van der Waals surface area contributed by atoms with Crippen LogP contribution in [0.1, 0.15) is 37.9 Å². The fraction of sp³-hybridized carbons (Fsp3) is 0.571. The fourth-order valence-corrected chi connectivity index (χ4v) is 3.39. The Morgan fingerprint density at radius 1 is 1.56 bits per heavy atom. The topological polar surface area (TPSA) is 32.3 Å². The third kappa shape index (κ3) is 3.27. The van der Waals surface area contributed by atoms with Crippen molar-refractivity contribution in [3.05, 3.63) is 33.3 Å². The summed E-state index contributed by atoms with van der Waals surface area (Å²) in [4.78, 5) is 0. The van der Waals surface area contributed by atoms with Gasteiger partial charge < -0.3 is 10.4 Å². The molecule has 18 heavy (non-hydrogen) atoms. The van der Waals surface area contributed by atoms with Crippen molar-refractivity contribution in [1.82, 2.24) is 5.32 Å². The summed E-state index contributed by atoms with van der Waals surface area (Å²) in [6.45, 7) is 3.19. The zero-order valence-electron chi connectivity index (χ0n) is 10.5. The van der Waals surface area contributed by atoms with E-state index in [2.05, 4.69) is 28.2 Å². The summed E-state index contributed by atoms with van der Waals surface area (Å²) in [6, 6.07) is 5.77. The fourth-order valence-electron chi connectivity index (χ4n) is 2.60. The van der Waals surface area contributed by atoms with Gasteiger partial charge in [0.25, 0.3) is 0 Å². The Morgan fingerprint density at radius 3 is 3.00 bits per heavy atom. The van der Waals surface area contributed by atoms with E-state index < -0.39 is 6.10 Å². The van der Waals surface area contributed by atoms with Gasteiger partial charge in [-0.1, -0.05) is 46.9 Å². The molecule has 0 bridgehead atoms. The Hall–Kier alpha value is -0.0900. The minimum Gasteiger partial charge on any atom is -0.387 e. The molecule has 2 rings (SSSR count). The smallest absolute Gasteiger partial charge is 0.0957 e. The van der Waals surface area contributed by atoms with E-state index in [1.54, 1.807) is 0 Å². The van der Waals surface area contributed by atoms with Crippen LogP contribution in [0.4, 0.5) is 0 Å². The summed E-state index contributed by atoms with van der Waals surface area (Å²) in [5, 5.41) is 14.5.